The maximum atomic E-state index is 6.11. The largest absolute Gasteiger partial charge is 0.490 e. The van der Waals surface area contributed by atoms with E-state index in [2.05, 4.69) is 35.0 Å². The Bertz CT molecular complexity index is 817. The molecular weight excluding hydrogens is 402 g/mol. The van der Waals surface area contributed by atoms with Crippen molar-refractivity contribution in [1.29, 1.82) is 0 Å². The van der Waals surface area contributed by atoms with Gasteiger partial charge in [-0.15, -0.1) is 0 Å². The van der Waals surface area contributed by atoms with Gasteiger partial charge in [0.15, 0.2) is 5.96 Å². The molecule has 0 unspecified atom stereocenters. The Morgan fingerprint density at radius 3 is 2.41 bits per heavy atom. The molecule has 0 aliphatic carbocycles. The van der Waals surface area contributed by atoms with E-state index in [4.69, 9.17) is 4.74 Å². The Morgan fingerprint density at radius 2 is 1.72 bits per heavy atom. The number of aromatic nitrogens is 2. The van der Waals surface area contributed by atoms with Gasteiger partial charge in [0.25, 0.3) is 0 Å². The average Bonchev–Trinajstić information content (AvgIpc) is 2.86. The van der Waals surface area contributed by atoms with Gasteiger partial charge in [0.1, 0.15) is 11.9 Å². The first kappa shape index (κ1) is 22.3. The summed E-state index contributed by atoms with van der Waals surface area (Å²) >= 11 is 0. The summed E-state index contributed by atoms with van der Waals surface area (Å²) in [6.07, 6.45) is 7.05. The fraction of sp³-hybridized carbons (Fsp3) is 0.542. The zero-order chi connectivity index (χ0) is 22.0. The molecule has 2 aromatic rings. The lowest BCUT2D eigenvalue weighted by molar-refractivity contribution is 0.129. The summed E-state index contributed by atoms with van der Waals surface area (Å²) in [7, 11) is 1.87. The maximum Gasteiger partial charge on any atom is 0.225 e. The van der Waals surface area contributed by atoms with Crippen LogP contribution in [0, 0.1) is 0 Å². The fourth-order valence-corrected chi connectivity index (χ4v) is 4.34. The minimum Gasteiger partial charge on any atom is -0.490 e. The minimum atomic E-state index is 0.284. The van der Waals surface area contributed by atoms with Crippen molar-refractivity contribution in [3.63, 3.8) is 0 Å². The van der Waals surface area contributed by atoms with E-state index in [-0.39, 0.29) is 6.10 Å². The van der Waals surface area contributed by atoms with Crippen LogP contribution >= 0.6 is 0 Å². The lowest BCUT2D eigenvalue weighted by Crippen LogP contribution is -2.49. The molecule has 0 bridgehead atoms. The summed E-state index contributed by atoms with van der Waals surface area (Å²) in [5.74, 6) is 2.82. The molecule has 172 valence electrons. The molecule has 0 atom stereocenters. The van der Waals surface area contributed by atoms with Gasteiger partial charge >= 0.3 is 0 Å². The first-order valence-electron chi connectivity index (χ1n) is 11.7. The molecule has 1 N–H and O–H groups in total. The smallest absolute Gasteiger partial charge is 0.225 e. The Labute approximate surface area is 191 Å². The van der Waals surface area contributed by atoms with Gasteiger partial charge in [-0.1, -0.05) is 18.2 Å². The second kappa shape index (κ2) is 11.7. The van der Waals surface area contributed by atoms with E-state index in [1.807, 2.05) is 55.8 Å². The first-order valence-corrected chi connectivity index (χ1v) is 11.7. The molecule has 8 heteroatoms. The summed E-state index contributed by atoms with van der Waals surface area (Å²) in [6.45, 7) is 8.07. The van der Waals surface area contributed by atoms with Crippen LogP contribution in [0.1, 0.15) is 19.3 Å². The van der Waals surface area contributed by atoms with E-state index in [0.717, 1.165) is 89.3 Å². The number of rotatable bonds is 7. The lowest BCUT2D eigenvalue weighted by atomic mass is 10.1. The molecule has 0 spiro atoms. The molecule has 1 aromatic carbocycles. The number of ether oxygens (including phenoxy) is 1. The zero-order valence-corrected chi connectivity index (χ0v) is 19.1. The summed E-state index contributed by atoms with van der Waals surface area (Å²) < 4.78 is 6.11. The number of aliphatic imine (C=N–C) groups is 1. The van der Waals surface area contributed by atoms with Crippen LogP contribution in [0.5, 0.6) is 5.75 Å². The molecule has 0 saturated carbocycles. The number of likely N-dealkylation sites (tertiary alicyclic amines) is 1. The van der Waals surface area contributed by atoms with Gasteiger partial charge in [-0.25, -0.2) is 9.97 Å². The van der Waals surface area contributed by atoms with Crippen molar-refractivity contribution >= 4 is 11.9 Å². The van der Waals surface area contributed by atoms with E-state index >= 15 is 0 Å². The number of piperidine rings is 1. The van der Waals surface area contributed by atoms with Crippen LogP contribution in [0.3, 0.4) is 0 Å². The summed E-state index contributed by atoms with van der Waals surface area (Å²) in [6, 6.07) is 12.0. The molecule has 4 rings (SSSR count). The quantitative estimate of drug-likeness (QED) is 0.404. The Balaban J connectivity index is 1.11. The van der Waals surface area contributed by atoms with Crippen LogP contribution in [0.4, 0.5) is 5.95 Å². The molecule has 0 amide bonds. The molecule has 0 radical (unpaired) electrons. The second-order valence-electron chi connectivity index (χ2n) is 8.32. The molecule has 8 nitrogen and oxygen atoms in total. The molecule has 2 aliphatic heterocycles. The lowest BCUT2D eigenvalue weighted by Gasteiger charge is -2.35. The number of nitrogens with zero attached hydrogens (tertiary/aromatic N) is 6. The molecule has 1 aromatic heterocycles. The number of anilines is 1. The van der Waals surface area contributed by atoms with Crippen molar-refractivity contribution in [3.8, 4) is 5.75 Å². The van der Waals surface area contributed by atoms with Crippen LogP contribution < -0.4 is 15.0 Å². The van der Waals surface area contributed by atoms with Gasteiger partial charge in [-0.2, -0.15) is 0 Å². The first-order chi connectivity index (χ1) is 15.8. The Morgan fingerprint density at radius 1 is 1.00 bits per heavy atom. The summed E-state index contributed by atoms with van der Waals surface area (Å²) in [5, 5.41) is 3.56. The maximum absolute atomic E-state index is 6.11. The molecule has 2 fully saturated rings. The second-order valence-corrected chi connectivity index (χ2v) is 8.32. The number of piperazine rings is 1. The third-order valence-electron chi connectivity index (χ3n) is 6.14. The average molecular weight is 438 g/mol. The third kappa shape index (κ3) is 6.32. The van der Waals surface area contributed by atoms with Crippen molar-refractivity contribution in [1.82, 2.24) is 25.1 Å². The van der Waals surface area contributed by atoms with Crippen LogP contribution in [-0.2, 0) is 0 Å². The minimum absolute atomic E-state index is 0.284. The van der Waals surface area contributed by atoms with Crippen LogP contribution in [0.2, 0.25) is 0 Å². The van der Waals surface area contributed by atoms with E-state index in [1.165, 1.54) is 0 Å². The summed E-state index contributed by atoms with van der Waals surface area (Å²) in [5.41, 5.74) is 0. The number of hydrogen-bond donors (Lipinski definition) is 1. The predicted molar refractivity (Wildman–Crippen MR) is 128 cm³/mol. The molecule has 32 heavy (non-hydrogen) atoms. The highest BCUT2D eigenvalue weighted by molar-refractivity contribution is 5.79. The van der Waals surface area contributed by atoms with Crippen LogP contribution in [0.15, 0.2) is 53.8 Å². The van der Waals surface area contributed by atoms with E-state index in [0.29, 0.717) is 0 Å². The number of guanidine groups is 1. The zero-order valence-electron chi connectivity index (χ0n) is 19.1. The highest BCUT2D eigenvalue weighted by atomic mass is 16.5. The monoisotopic (exact) mass is 437 g/mol. The molecule has 2 aliphatic rings. The van der Waals surface area contributed by atoms with Gasteiger partial charge < -0.3 is 19.9 Å². The van der Waals surface area contributed by atoms with Gasteiger partial charge in [0.05, 0.1) is 0 Å². The standard InChI is InChI=1S/C24H35N7O/c1-25-23(30-15-9-22(10-16-30)32-21-7-3-2-4-8-21)26-13-6-14-29-17-19-31(20-18-29)24-27-11-5-12-28-24/h2-5,7-8,11-12,22H,6,9-10,13-20H2,1H3,(H,25,26). The number of benzene rings is 1. The van der Waals surface area contributed by atoms with E-state index < -0.39 is 0 Å². The Hall–Kier alpha value is -2.87. The Kier molecular flexibility index (Phi) is 8.14. The van der Waals surface area contributed by atoms with Crippen molar-refractivity contribution < 1.29 is 4.74 Å². The van der Waals surface area contributed by atoms with Crippen molar-refractivity contribution in [2.75, 3.05) is 64.3 Å². The number of hydrogen-bond acceptors (Lipinski definition) is 6. The SMILES string of the molecule is CN=C(NCCCN1CCN(c2ncccn2)CC1)N1CCC(Oc2ccccc2)CC1. The van der Waals surface area contributed by atoms with Crippen LogP contribution in [-0.4, -0.2) is 91.2 Å². The normalized spacial score (nSPS) is 18.6. The number of para-hydroxylation sites is 1. The van der Waals surface area contributed by atoms with E-state index in [1.54, 1.807) is 0 Å². The fourth-order valence-electron chi connectivity index (χ4n) is 4.34. The van der Waals surface area contributed by atoms with Gasteiger partial charge in [0, 0.05) is 78.1 Å². The predicted octanol–water partition coefficient (Wildman–Crippen LogP) is 2.11. The van der Waals surface area contributed by atoms with E-state index in [9.17, 15) is 0 Å². The van der Waals surface area contributed by atoms with Gasteiger partial charge in [0.2, 0.25) is 5.95 Å². The van der Waals surface area contributed by atoms with Crippen LogP contribution in [0.25, 0.3) is 0 Å². The van der Waals surface area contributed by atoms with Gasteiger partial charge in [-0.3, -0.25) is 9.89 Å². The van der Waals surface area contributed by atoms with Gasteiger partial charge in [-0.05, 0) is 31.2 Å². The molecule has 2 saturated heterocycles. The third-order valence-corrected chi connectivity index (χ3v) is 6.14. The number of nitrogens with one attached hydrogen (secondary N) is 1. The highest BCUT2D eigenvalue weighted by Gasteiger charge is 2.23. The van der Waals surface area contributed by atoms with Crippen molar-refractivity contribution in [2.45, 2.75) is 25.4 Å². The molecule has 3 heterocycles. The topological polar surface area (TPSA) is 69.1 Å². The van der Waals surface area contributed by atoms with Crippen molar-refractivity contribution in [3.05, 3.63) is 48.8 Å². The molecular formula is C24H35N7O. The highest BCUT2D eigenvalue weighted by Crippen LogP contribution is 2.18. The van der Waals surface area contributed by atoms with Crippen molar-refractivity contribution in [2.24, 2.45) is 4.99 Å². The summed E-state index contributed by atoms with van der Waals surface area (Å²) in [4.78, 5) is 20.4.